The second-order valence-electron chi connectivity index (χ2n) is 4.69. The summed E-state index contributed by atoms with van der Waals surface area (Å²) in [7, 11) is 0. The Hall–Kier alpha value is -1.46. The topological polar surface area (TPSA) is 91.4 Å². The van der Waals surface area contributed by atoms with Crippen LogP contribution in [-0.4, -0.2) is 43.2 Å². The number of nitrogens with two attached hydrogens (primary N) is 1. The highest BCUT2D eigenvalue weighted by Gasteiger charge is 2.20. The predicted octanol–water partition coefficient (Wildman–Crippen LogP) is 1.12. The summed E-state index contributed by atoms with van der Waals surface area (Å²) in [6, 6.07) is 0. The fraction of sp³-hybridized carbons (Fsp3) is 0.833. The molecule has 18 heavy (non-hydrogen) atoms. The molecule has 4 N–H and O–H groups in total. The van der Waals surface area contributed by atoms with Gasteiger partial charge in [-0.05, 0) is 25.2 Å². The van der Waals surface area contributed by atoms with Crippen LogP contribution in [0.15, 0.2) is 0 Å². The molecule has 0 bridgehead atoms. The van der Waals surface area contributed by atoms with E-state index in [2.05, 4.69) is 12.2 Å². The van der Waals surface area contributed by atoms with Crippen LogP contribution < -0.4 is 11.1 Å². The normalized spacial score (nSPS) is 16.4. The van der Waals surface area contributed by atoms with Crippen molar-refractivity contribution >= 4 is 12.1 Å². The van der Waals surface area contributed by atoms with Gasteiger partial charge in [-0.15, -0.1) is 0 Å². The third-order valence-corrected chi connectivity index (χ3v) is 3.22. The van der Waals surface area contributed by atoms with Crippen LogP contribution in [0.2, 0.25) is 0 Å². The van der Waals surface area contributed by atoms with Gasteiger partial charge in [-0.3, -0.25) is 5.41 Å². The van der Waals surface area contributed by atoms with Crippen molar-refractivity contribution in [2.24, 2.45) is 11.7 Å². The van der Waals surface area contributed by atoms with Crippen LogP contribution in [-0.2, 0) is 4.74 Å². The van der Waals surface area contributed by atoms with Crippen molar-refractivity contribution in [3.05, 3.63) is 0 Å². The molecule has 6 heteroatoms. The number of ether oxygens (including phenoxy) is 1. The highest BCUT2D eigenvalue weighted by atomic mass is 16.5. The number of hydrogen-bond donors (Lipinski definition) is 3. The van der Waals surface area contributed by atoms with E-state index in [4.69, 9.17) is 15.9 Å². The van der Waals surface area contributed by atoms with E-state index in [0.29, 0.717) is 19.1 Å². The fourth-order valence-corrected chi connectivity index (χ4v) is 1.97. The molecule has 1 aliphatic rings. The number of alkyl carbamates (subject to hydrolysis) is 1. The Morgan fingerprint density at radius 3 is 2.72 bits per heavy atom. The van der Waals surface area contributed by atoms with Gasteiger partial charge in [0.2, 0.25) is 0 Å². The van der Waals surface area contributed by atoms with Gasteiger partial charge in [0.15, 0.2) is 5.96 Å². The average Bonchev–Trinajstić information content (AvgIpc) is 2.37. The van der Waals surface area contributed by atoms with Crippen LogP contribution in [0, 0.1) is 11.3 Å². The van der Waals surface area contributed by atoms with Gasteiger partial charge < -0.3 is 20.7 Å². The van der Waals surface area contributed by atoms with Crippen molar-refractivity contribution < 1.29 is 9.53 Å². The number of rotatable bonds is 5. The first-order valence-corrected chi connectivity index (χ1v) is 6.63. The summed E-state index contributed by atoms with van der Waals surface area (Å²) in [5.41, 5.74) is 5.42. The number of carbonyl (C=O) groups excluding carboxylic acids is 1. The van der Waals surface area contributed by atoms with E-state index < -0.39 is 0 Å². The Balaban J connectivity index is 2.10. The summed E-state index contributed by atoms with van der Waals surface area (Å²) in [4.78, 5) is 13.2. The summed E-state index contributed by atoms with van der Waals surface area (Å²) in [5.74, 6) is 0.597. The quantitative estimate of drug-likeness (QED) is 0.390. The highest BCUT2D eigenvalue weighted by Crippen LogP contribution is 2.15. The standard InChI is InChI=1S/C12H24N4O2/c1-2-3-8-18-12(17)15-9-10-4-6-16(7-5-10)11(13)14/h10H,2-9H2,1H3,(H3,13,14)(H,15,17). The Morgan fingerprint density at radius 1 is 1.50 bits per heavy atom. The summed E-state index contributed by atoms with van der Waals surface area (Å²) < 4.78 is 5.02. The van der Waals surface area contributed by atoms with Crippen molar-refractivity contribution in [2.45, 2.75) is 32.6 Å². The summed E-state index contributed by atoms with van der Waals surface area (Å²) >= 11 is 0. The maximum absolute atomic E-state index is 11.3. The van der Waals surface area contributed by atoms with Gasteiger partial charge in [0.25, 0.3) is 0 Å². The number of unbranched alkanes of at least 4 members (excludes halogenated alkanes) is 1. The van der Waals surface area contributed by atoms with Crippen molar-refractivity contribution in [1.82, 2.24) is 10.2 Å². The van der Waals surface area contributed by atoms with Gasteiger partial charge in [0, 0.05) is 19.6 Å². The van der Waals surface area contributed by atoms with E-state index in [9.17, 15) is 4.79 Å². The Morgan fingerprint density at radius 2 is 2.17 bits per heavy atom. The molecule has 1 amide bonds. The first-order chi connectivity index (χ1) is 8.63. The monoisotopic (exact) mass is 256 g/mol. The molecule has 0 unspecified atom stereocenters. The molecule has 0 aromatic rings. The second kappa shape index (κ2) is 7.79. The molecule has 1 fully saturated rings. The number of carbonyl (C=O) groups is 1. The van der Waals surface area contributed by atoms with Crippen LogP contribution in [0.5, 0.6) is 0 Å². The molecule has 6 nitrogen and oxygen atoms in total. The van der Waals surface area contributed by atoms with Gasteiger partial charge in [-0.2, -0.15) is 0 Å². The second-order valence-corrected chi connectivity index (χ2v) is 4.69. The van der Waals surface area contributed by atoms with E-state index in [1.807, 2.05) is 4.90 Å². The minimum Gasteiger partial charge on any atom is -0.450 e. The lowest BCUT2D eigenvalue weighted by atomic mass is 9.97. The number of likely N-dealkylation sites (tertiary alicyclic amines) is 1. The van der Waals surface area contributed by atoms with Gasteiger partial charge in [0.05, 0.1) is 6.61 Å². The molecule has 0 spiro atoms. The van der Waals surface area contributed by atoms with Gasteiger partial charge in [0.1, 0.15) is 0 Å². The summed E-state index contributed by atoms with van der Waals surface area (Å²) in [5, 5.41) is 10.1. The van der Waals surface area contributed by atoms with E-state index >= 15 is 0 Å². The molecule has 1 saturated heterocycles. The van der Waals surface area contributed by atoms with Gasteiger partial charge in [-0.1, -0.05) is 13.3 Å². The molecule has 0 aromatic carbocycles. The van der Waals surface area contributed by atoms with Crippen molar-refractivity contribution in [2.75, 3.05) is 26.2 Å². The molecule has 1 heterocycles. The third kappa shape index (κ3) is 5.25. The number of hydrogen-bond acceptors (Lipinski definition) is 3. The fourth-order valence-electron chi connectivity index (χ4n) is 1.97. The lowest BCUT2D eigenvalue weighted by molar-refractivity contribution is 0.140. The SMILES string of the molecule is CCCCOC(=O)NCC1CCN(C(=N)N)CC1. The zero-order valence-electron chi connectivity index (χ0n) is 11.1. The molecular weight excluding hydrogens is 232 g/mol. The average molecular weight is 256 g/mol. The molecule has 0 radical (unpaired) electrons. The largest absolute Gasteiger partial charge is 0.450 e. The molecule has 104 valence electrons. The van der Waals surface area contributed by atoms with Crippen LogP contribution in [0.3, 0.4) is 0 Å². The van der Waals surface area contributed by atoms with E-state index in [0.717, 1.165) is 38.8 Å². The van der Waals surface area contributed by atoms with Crippen LogP contribution in [0.25, 0.3) is 0 Å². The van der Waals surface area contributed by atoms with E-state index in [1.165, 1.54) is 0 Å². The number of piperidine rings is 1. The Labute approximate surface area is 108 Å². The molecule has 0 aromatic heterocycles. The van der Waals surface area contributed by atoms with Crippen LogP contribution >= 0.6 is 0 Å². The summed E-state index contributed by atoms with van der Waals surface area (Å²) in [6.07, 6.45) is 3.52. The van der Waals surface area contributed by atoms with Gasteiger partial charge >= 0.3 is 6.09 Å². The predicted molar refractivity (Wildman–Crippen MR) is 70.5 cm³/mol. The molecule has 0 saturated carbocycles. The number of amides is 1. The minimum absolute atomic E-state index is 0.139. The van der Waals surface area contributed by atoms with Crippen molar-refractivity contribution in [3.8, 4) is 0 Å². The first kappa shape index (κ1) is 14.6. The number of nitrogens with one attached hydrogen (secondary N) is 2. The zero-order valence-corrected chi connectivity index (χ0v) is 11.1. The van der Waals surface area contributed by atoms with E-state index in [1.54, 1.807) is 0 Å². The minimum atomic E-state index is -0.322. The lowest BCUT2D eigenvalue weighted by Crippen LogP contribution is -2.44. The Bertz CT molecular complexity index is 275. The third-order valence-electron chi connectivity index (χ3n) is 3.22. The first-order valence-electron chi connectivity index (χ1n) is 6.63. The zero-order chi connectivity index (χ0) is 13.4. The summed E-state index contributed by atoms with van der Waals surface area (Å²) in [6.45, 7) is 4.80. The highest BCUT2D eigenvalue weighted by molar-refractivity contribution is 5.74. The maximum Gasteiger partial charge on any atom is 0.407 e. The molecule has 1 aliphatic heterocycles. The number of guanidine groups is 1. The van der Waals surface area contributed by atoms with E-state index in [-0.39, 0.29) is 12.1 Å². The van der Waals surface area contributed by atoms with Crippen molar-refractivity contribution in [3.63, 3.8) is 0 Å². The molecular formula is C12H24N4O2. The molecule has 0 aliphatic carbocycles. The van der Waals surface area contributed by atoms with Crippen LogP contribution in [0.1, 0.15) is 32.6 Å². The Kier molecular flexibility index (Phi) is 6.32. The maximum atomic E-state index is 11.3. The van der Waals surface area contributed by atoms with Crippen molar-refractivity contribution in [1.29, 1.82) is 5.41 Å². The lowest BCUT2D eigenvalue weighted by Gasteiger charge is -2.32. The van der Waals surface area contributed by atoms with Gasteiger partial charge in [-0.25, -0.2) is 4.79 Å². The van der Waals surface area contributed by atoms with Crippen LogP contribution in [0.4, 0.5) is 4.79 Å². The smallest absolute Gasteiger partial charge is 0.407 e. The molecule has 1 rings (SSSR count). The number of nitrogens with zero attached hydrogens (tertiary/aromatic N) is 1. The molecule has 0 atom stereocenters.